The normalized spacial score (nSPS) is 20.6. The van der Waals surface area contributed by atoms with Crippen molar-refractivity contribution in [2.24, 2.45) is 0 Å². The molecule has 0 radical (unpaired) electrons. The van der Waals surface area contributed by atoms with Crippen molar-refractivity contribution < 1.29 is 27.8 Å². The lowest BCUT2D eigenvalue weighted by Gasteiger charge is -2.34. The van der Waals surface area contributed by atoms with E-state index < -0.39 is 6.61 Å². The van der Waals surface area contributed by atoms with Crippen LogP contribution in [0.15, 0.2) is 42.5 Å². The first kappa shape index (κ1) is 22.2. The third-order valence-corrected chi connectivity index (χ3v) is 6.13. The molecule has 1 heterocycles. The van der Waals surface area contributed by atoms with Crippen LogP contribution >= 0.6 is 0 Å². The zero-order chi connectivity index (χ0) is 22.7. The Morgan fingerprint density at radius 2 is 1.78 bits per heavy atom. The molecule has 2 amide bonds. The Balaban J connectivity index is 1.33. The topological polar surface area (TPSA) is 67.9 Å². The maximum atomic E-state index is 12.8. The zero-order valence-electron chi connectivity index (χ0n) is 17.9. The number of rotatable bonds is 8. The van der Waals surface area contributed by atoms with Crippen molar-refractivity contribution in [2.75, 3.05) is 13.7 Å². The fourth-order valence-corrected chi connectivity index (χ4v) is 4.60. The highest BCUT2D eigenvalue weighted by Gasteiger charge is 2.41. The second-order valence-electron chi connectivity index (χ2n) is 8.11. The number of hydrogen-bond acceptors (Lipinski definition) is 5. The van der Waals surface area contributed by atoms with Gasteiger partial charge in [0.05, 0.1) is 18.2 Å². The number of hydrogen-bond donors (Lipinski definition) is 1. The van der Waals surface area contributed by atoms with Gasteiger partial charge >= 0.3 is 6.61 Å². The number of methoxy groups -OCH3 is 1. The zero-order valence-corrected chi connectivity index (χ0v) is 17.9. The van der Waals surface area contributed by atoms with Crippen molar-refractivity contribution in [3.05, 3.63) is 59.2 Å². The standard InChI is InChI=1S/C24H26F2N2O4/c1-31-21-13-15(9-10-20(21)32-24(25)26)11-12-27-16-5-4-6-17(14-16)28-22(29)18-7-2-3-8-19(18)23(28)30/h2-3,7-10,13,16-17,24,27H,4-6,11-12,14H2,1H3/t16-,17+/m0/s1. The molecule has 2 atom stereocenters. The lowest BCUT2D eigenvalue weighted by atomic mass is 9.89. The Morgan fingerprint density at radius 1 is 1.06 bits per heavy atom. The van der Waals surface area contributed by atoms with Crippen molar-refractivity contribution in [1.29, 1.82) is 0 Å². The van der Waals surface area contributed by atoms with Gasteiger partial charge in [-0.3, -0.25) is 14.5 Å². The second kappa shape index (κ2) is 9.65. The molecule has 0 bridgehead atoms. The fourth-order valence-electron chi connectivity index (χ4n) is 4.60. The molecule has 0 aromatic heterocycles. The number of halogens is 2. The van der Waals surface area contributed by atoms with Gasteiger partial charge in [-0.2, -0.15) is 8.78 Å². The summed E-state index contributed by atoms with van der Waals surface area (Å²) in [5.41, 5.74) is 1.91. The molecule has 1 N–H and O–H groups in total. The molecule has 8 heteroatoms. The Labute approximate surface area is 185 Å². The third-order valence-electron chi connectivity index (χ3n) is 6.13. The van der Waals surface area contributed by atoms with Gasteiger partial charge in [0.25, 0.3) is 11.8 Å². The fraction of sp³-hybridized carbons (Fsp3) is 0.417. The van der Waals surface area contributed by atoms with E-state index in [1.54, 1.807) is 36.4 Å². The van der Waals surface area contributed by atoms with Crippen LogP contribution in [0.1, 0.15) is 52.0 Å². The Hall–Kier alpha value is -3.00. The van der Waals surface area contributed by atoms with Crippen LogP contribution < -0.4 is 14.8 Å². The molecule has 2 aliphatic rings. The minimum Gasteiger partial charge on any atom is -0.493 e. The molecule has 0 saturated heterocycles. The van der Waals surface area contributed by atoms with Crippen molar-refractivity contribution in [1.82, 2.24) is 10.2 Å². The van der Waals surface area contributed by atoms with Crippen molar-refractivity contribution >= 4 is 11.8 Å². The van der Waals surface area contributed by atoms with Gasteiger partial charge < -0.3 is 14.8 Å². The highest BCUT2D eigenvalue weighted by Crippen LogP contribution is 2.32. The van der Waals surface area contributed by atoms with Gasteiger partial charge in [0.15, 0.2) is 11.5 Å². The van der Waals surface area contributed by atoms with E-state index in [-0.39, 0.29) is 35.4 Å². The average Bonchev–Trinajstić information content (AvgIpc) is 3.05. The highest BCUT2D eigenvalue weighted by molar-refractivity contribution is 6.21. The van der Waals surface area contributed by atoms with Gasteiger partial charge in [0, 0.05) is 12.1 Å². The van der Waals surface area contributed by atoms with E-state index in [0.29, 0.717) is 24.1 Å². The molecular formula is C24H26F2N2O4. The van der Waals surface area contributed by atoms with E-state index in [4.69, 9.17) is 4.74 Å². The predicted octanol–water partition coefficient (Wildman–Crippen LogP) is 4.04. The number of imide groups is 1. The Kier molecular flexibility index (Phi) is 6.69. The first-order valence-corrected chi connectivity index (χ1v) is 10.8. The van der Waals surface area contributed by atoms with Gasteiger partial charge in [-0.05, 0) is 68.5 Å². The summed E-state index contributed by atoms with van der Waals surface area (Å²) in [5.74, 6) is -0.120. The van der Waals surface area contributed by atoms with Crippen LogP contribution in [-0.2, 0) is 6.42 Å². The molecule has 6 nitrogen and oxygen atoms in total. The molecule has 1 aliphatic heterocycles. The van der Waals surface area contributed by atoms with Crippen LogP contribution in [-0.4, -0.2) is 49.1 Å². The number of ether oxygens (including phenoxy) is 2. The van der Waals surface area contributed by atoms with E-state index >= 15 is 0 Å². The number of amides is 2. The van der Waals surface area contributed by atoms with Gasteiger partial charge in [-0.25, -0.2) is 0 Å². The molecule has 2 aromatic rings. The number of alkyl halides is 2. The predicted molar refractivity (Wildman–Crippen MR) is 114 cm³/mol. The van der Waals surface area contributed by atoms with E-state index in [1.807, 2.05) is 0 Å². The minimum atomic E-state index is -2.90. The summed E-state index contributed by atoms with van der Waals surface area (Å²) in [6, 6.07) is 12.0. The van der Waals surface area contributed by atoms with Gasteiger partial charge in [-0.1, -0.05) is 18.2 Å². The molecular weight excluding hydrogens is 418 g/mol. The molecule has 32 heavy (non-hydrogen) atoms. The molecule has 170 valence electrons. The molecule has 1 fully saturated rings. The lowest BCUT2D eigenvalue weighted by molar-refractivity contribution is -0.0512. The van der Waals surface area contributed by atoms with Crippen molar-refractivity contribution in [2.45, 2.75) is 50.8 Å². The molecule has 4 rings (SSSR count). The van der Waals surface area contributed by atoms with Crippen molar-refractivity contribution in [3.8, 4) is 11.5 Å². The summed E-state index contributed by atoms with van der Waals surface area (Å²) in [4.78, 5) is 27.0. The quantitative estimate of drug-likeness (QED) is 0.623. The molecule has 0 unspecified atom stereocenters. The number of carbonyl (C=O) groups is 2. The summed E-state index contributed by atoms with van der Waals surface area (Å²) in [6.45, 7) is -2.23. The average molecular weight is 444 g/mol. The SMILES string of the molecule is COc1cc(CCN[C@H]2CCC[C@@H](N3C(=O)c4ccccc4C3=O)C2)ccc1OC(F)F. The minimum absolute atomic E-state index is 0.00951. The van der Waals surface area contributed by atoms with Crippen LogP contribution in [0, 0.1) is 0 Å². The molecule has 0 spiro atoms. The maximum Gasteiger partial charge on any atom is 0.387 e. The van der Waals surface area contributed by atoms with Crippen LogP contribution in [0.2, 0.25) is 0 Å². The van der Waals surface area contributed by atoms with E-state index in [0.717, 1.165) is 31.2 Å². The maximum absolute atomic E-state index is 12.8. The smallest absolute Gasteiger partial charge is 0.387 e. The van der Waals surface area contributed by atoms with E-state index in [1.165, 1.54) is 18.1 Å². The van der Waals surface area contributed by atoms with Crippen molar-refractivity contribution in [3.63, 3.8) is 0 Å². The number of fused-ring (bicyclic) bond motifs is 1. The summed E-state index contributed by atoms with van der Waals surface area (Å²) < 4.78 is 34.6. The van der Waals surface area contributed by atoms with E-state index in [9.17, 15) is 18.4 Å². The molecule has 2 aromatic carbocycles. The van der Waals surface area contributed by atoms with Crippen LogP contribution in [0.5, 0.6) is 11.5 Å². The summed E-state index contributed by atoms with van der Waals surface area (Å²) in [5, 5.41) is 3.52. The summed E-state index contributed by atoms with van der Waals surface area (Å²) >= 11 is 0. The number of benzene rings is 2. The molecule has 1 aliphatic carbocycles. The second-order valence-corrected chi connectivity index (χ2v) is 8.11. The summed E-state index contributed by atoms with van der Waals surface area (Å²) in [7, 11) is 1.41. The Morgan fingerprint density at radius 3 is 2.44 bits per heavy atom. The Bertz CT molecular complexity index is 963. The first-order chi connectivity index (χ1) is 15.5. The van der Waals surface area contributed by atoms with Gasteiger partial charge in [0.2, 0.25) is 0 Å². The first-order valence-electron chi connectivity index (χ1n) is 10.8. The number of nitrogens with one attached hydrogen (secondary N) is 1. The van der Waals surface area contributed by atoms with Crippen LogP contribution in [0.3, 0.4) is 0 Å². The van der Waals surface area contributed by atoms with Crippen LogP contribution in [0.4, 0.5) is 8.78 Å². The number of carbonyl (C=O) groups excluding carboxylic acids is 2. The van der Waals surface area contributed by atoms with Gasteiger partial charge in [0.1, 0.15) is 0 Å². The third kappa shape index (κ3) is 4.60. The van der Waals surface area contributed by atoms with E-state index in [2.05, 4.69) is 10.1 Å². The largest absolute Gasteiger partial charge is 0.493 e. The summed E-state index contributed by atoms with van der Waals surface area (Å²) in [6.07, 6.45) is 4.12. The van der Waals surface area contributed by atoms with Crippen LogP contribution in [0.25, 0.3) is 0 Å². The number of nitrogens with zero attached hydrogens (tertiary/aromatic N) is 1. The molecule has 1 saturated carbocycles. The van der Waals surface area contributed by atoms with Gasteiger partial charge in [-0.15, -0.1) is 0 Å². The monoisotopic (exact) mass is 444 g/mol. The lowest BCUT2D eigenvalue weighted by Crippen LogP contribution is -2.47. The highest BCUT2D eigenvalue weighted by atomic mass is 19.3.